The van der Waals surface area contributed by atoms with E-state index in [1.165, 1.54) is 13.3 Å². The van der Waals surface area contributed by atoms with Crippen LogP contribution < -0.4 is 10.6 Å². The summed E-state index contributed by atoms with van der Waals surface area (Å²) in [6.45, 7) is 2.91. The molecule has 6 nitrogen and oxygen atoms in total. The molecule has 0 atom stereocenters. The summed E-state index contributed by atoms with van der Waals surface area (Å²) in [7, 11) is 1.33. The fourth-order valence-corrected chi connectivity index (χ4v) is 1.63. The average molecular weight is 301 g/mol. The first-order valence-corrected chi connectivity index (χ1v) is 6.91. The Morgan fingerprint density at radius 2 is 2.00 bits per heavy atom. The largest absolute Gasteiger partial charge is 0.465 e. The van der Waals surface area contributed by atoms with Crippen LogP contribution in [0.2, 0.25) is 0 Å². The van der Waals surface area contributed by atoms with E-state index in [9.17, 15) is 9.59 Å². The maximum absolute atomic E-state index is 11.6. The number of nitriles is 1. The molecule has 0 radical (unpaired) electrons. The van der Waals surface area contributed by atoms with E-state index in [0.717, 1.165) is 12.0 Å². The Bertz CT molecular complexity index is 586. The Morgan fingerprint density at radius 1 is 1.32 bits per heavy atom. The first-order chi connectivity index (χ1) is 10.6. The highest BCUT2D eigenvalue weighted by molar-refractivity contribution is 5.97. The quantitative estimate of drug-likeness (QED) is 0.452. The molecule has 6 heteroatoms. The smallest absolute Gasteiger partial charge is 0.337 e. The minimum atomic E-state index is -0.391. The van der Waals surface area contributed by atoms with E-state index < -0.39 is 11.9 Å². The number of amides is 1. The van der Waals surface area contributed by atoms with Gasteiger partial charge in [-0.05, 0) is 24.1 Å². The van der Waals surface area contributed by atoms with E-state index in [2.05, 4.69) is 15.4 Å². The Hall–Kier alpha value is -2.81. The third kappa shape index (κ3) is 5.29. The van der Waals surface area contributed by atoms with E-state index in [0.29, 0.717) is 18.7 Å². The van der Waals surface area contributed by atoms with Crippen molar-refractivity contribution in [1.29, 1.82) is 5.26 Å². The van der Waals surface area contributed by atoms with Gasteiger partial charge in [0.1, 0.15) is 11.6 Å². The minimum Gasteiger partial charge on any atom is -0.465 e. The van der Waals surface area contributed by atoms with Crippen LogP contribution in [-0.4, -0.2) is 25.5 Å². The van der Waals surface area contributed by atoms with Crippen molar-refractivity contribution in [2.75, 3.05) is 13.7 Å². The Labute approximate surface area is 129 Å². The number of hydrogen-bond donors (Lipinski definition) is 2. The Morgan fingerprint density at radius 3 is 2.55 bits per heavy atom. The molecule has 0 bridgehead atoms. The van der Waals surface area contributed by atoms with Crippen LogP contribution in [0.15, 0.2) is 36.0 Å². The summed E-state index contributed by atoms with van der Waals surface area (Å²) in [6, 6.07) is 8.72. The minimum absolute atomic E-state index is 0.0274. The first kappa shape index (κ1) is 17.2. The van der Waals surface area contributed by atoms with E-state index in [1.807, 2.05) is 13.0 Å². The van der Waals surface area contributed by atoms with Crippen LogP contribution in [0.1, 0.15) is 29.3 Å². The van der Waals surface area contributed by atoms with Crippen molar-refractivity contribution in [3.8, 4) is 6.07 Å². The van der Waals surface area contributed by atoms with Gasteiger partial charge in [-0.15, -0.1) is 0 Å². The van der Waals surface area contributed by atoms with Gasteiger partial charge in [0.25, 0.3) is 5.91 Å². The Balaban J connectivity index is 2.58. The molecule has 1 amide bonds. The normalized spacial score (nSPS) is 10.5. The molecule has 116 valence electrons. The van der Waals surface area contributed by atoms with Gasteiger partial charge in [-0.25, -0.2) is 4.79 Å². The van der Waals surface area contributed by atoms with Crippen LogP contribution in [-0.2, 0) is 16.1 Å². The van der Waals surface area contributed by atoms with Crippen molar-refractivity contribution in [2.45, 2.75) is 19.9 Å². The summed E-state index contributed by atoms with van der Waals surface area (Å²) in [5, 5.41) is 14.5. The number of ether oxygens (including phenoxy) is 1. The number of rotatable bonds is 7. The zero-order valence-electron chi connectivity index (χ0n) is 12.7. The summed E-state index contributed by atoms with van der Waals surface area (Å²) >= 11 is 0. The summed E-state index contributed by atoms with van der Waals surface area (Å²) in [5.41, 5.74) is 1.41. The molecule has 2 N–H and O–H groups in total. The van der Waals surface area contributed by atoms with E-state index in [1.54, 1.807) is 24.3 Å². The molecule has 0 heterocycles. The Kier molecular flexibility index (Phi) is 7.20. The lowest BCUT2D eigenvalue weighted by Gasteiger charge is -2.05. The molecular weight excluding hydrogens is 282 g/mol. The summed E-state index contributed by atoms with van der Waals surface area (Å²) < 4.78 is 4.62. The number of nitrogens with zero attached hydrogens (tertiary/aromatic N) is 1. The molecule has 0 aromatic heterocycles. The molecule has 0 spiro atoms. The monoisotopic (exact) mass is 301 g/mol. The van der Waals surface area contributed by atoms with Crippen LogP contribution in [0.5, 0.6) is 0 Å². The molecule has 0 saturated heterocycles. The highest BCUT2D eigenvalue weighted by Crippen LogP contribution is 2.05. The van der Waals surface area contributed by atoms with Crippen LogP contribution >= 0.6 is 0 Å². The number of benzene rings is 1. The van der Waals surface area contributed by atoms with Crippen molar-refractivity contribution in [3.63, 3.8) is 0 Å². The molecule has 0 fully saturated rings. The van der Waals surface area contributed by atoms with Crippen LogP contribution in [0, 0.1) is 11.3 Å². The van der Waals surface area contributed by atoms with E-state index in [4.69, 9.17) is 5.26 Å². The van der Waals surface area contributed by atoms with Gasteiger partial charge in [0.15, 0.2) is 0 Å². The summed E-state index contributed by atoms with van der Waals surface area (Å²) in [5.74, 6) is -0.781. The van der Waals surface area contributed by atoms with Crippen molar-refractivity contribution in [3.05, 3.63) is 47.2 Å². The lowest BCUT2D eigenvalue weighted by atomic mass is 10.1. The standard InChI is InChI=1S/C16H19N3O3/c1-3-8-19-15(20)14(9-17)11-18-10-12-4-6-13(7-5-12)16(21)22-2/h4-7,11,18H,3,8,10H2,1-2H3,(H,19,20)/b14-11-. The maximum atomic E-state index is 11.6. The fourth-order valence-electron chi connectivity index (χ4n) is 1.63. The second kappa shape index (κ2) is 9.19. The number of hydrogen-bond acceptors (Lipinski definition) is 5. The van der Waals surface area contributed by atoms with Gasteiger partial charge in [-0.1, -0.05) is 19.1 Å². The molecule has 0 aliphatic carbocycles. The molecule has 1 aromatic rings. The number of esters is 1. The van der Waals surface area contributed by atoms with Crippen molar-refractivity contribution in [2.24, 2.45) is 0 Å². The zero-order valence-corrected chi connectivity index (χ0v) is 12.7. The van der Waals surface area contributed by atoms with Crippen LogP contribution in [0.4, 0.5) is 0 Å². The number of nitrogens with one attached hydrogen (secondary N) is 2. The van der Waals surface area contributed by atoms with E-state index >= 15 is 0 Å². The van der Waals surface area contributed by atoms with E-state index in [-0.39, 0.29) is 5.57 Å². The molecule has 0 unspecified atom stereocenters. The molecule has 1 rings (SSSR count). The van der Waals surface area contributed by atoms with Gasteiger partial charge in [0.2, 0.25) is 0 Å². The highest BCUT2D eigenvalue weighted by Gasteiger charge is 2.07. The molecule has 0 aliphatic heterocycles. The van der Waals surface area contributed by atoms with Gasteiger partial charge in [0, 0.05) is 19.3 Å². The van der Waals surface area contributed by atoms with Gasteiger partial charge in [0.05, 0.1) is 12.7 Å². The van der Waals surface area contributed by atoms with Crippen LogP contribution in [0.25, 0.3) is 0 Å². The highest BCUT2D eigenvalue weighted by atomic mass is 16.5. The first-order valence-electron chi connectivity index (χ1n) is 6.91. The number of carbonyl (C=O) groups excluding carboxylic acids is 2. The lowest BCUT2D eigenvalue weighted by Crippen LogP contribution is -2.26. The average Bonchev–Trinajstić information content (AvgIpc) is 2.56. The second-order valence-corrected chi connectivity index (χ2v) is 4.50. The predicted molar refractivity (Wildman–Crippen MR) is 81.6 cm³/mol. The molecular formula is C16H19N3O3. The second-order valence-electron chi connectivity index (χ2n) is 4.50. The van der Waals surface area contributed by atoms with Crippen LogP contribution in [0.3, 0.4) is 0 Å². The topological polar surface area (TPSA) is 91.2 Å². The molecule has 0 aliphatic rings. The van der Waals surface area contributed by atoms with Gasteiger partial charge < -0.3 is 15.4 Å². The number of methoxy groups -OCH3 is 1. The maximum Gasteiger partial charge on any atom is 0.337 e. The zero-order chi connectivity index (χ0) is 16.4. The fraction of sp³-hybridized carbons (Fsp3) is 0.312. The van der Waals surface area contributed by atoms with Gasteiger partial charge >= 0.3 is 5.97 Å². The SMILES string of the molecule is CCCNC(=O)/C(C#N)=C\NCc1ccc(C(=O)OC)cc1. The van der Waals surface area contributed by atoms with Gasteiger partial charge in [-0.3, -0.25) is 4.79 Å². The molecule has 1 aromatic carbocycles. The third-order valence-corrected chi connectivity index (χ3v) is 2.83. The third-order valence-electron chi connectivity index (χ3n) is 2.83. The van der Waals surface area contributed by atoms with Crippen molar-refractivity contribution >= 4 is 11.9 Å². The van der Waals surface area contributed by atoms with Crippen molar-refractivity contribution in [1.82, 2.24) is 10.6 Å². The number of carbonyl (C=O) groups is 2. The predicted octanol–water partition coefficient (Wildman–Crippen LogP) is 1.50. The lowest BCUT2D eigenvalue weighted by molar-refractivity contribution is -0.117. The summed E-state index contributed by atoms with van der Waals surface area (Å²) in [4.78, 5) is 22.9. The molecule has 0 saturated carbocycles. The molecule has 22 heavy (non-hydrogen) atoms. The summed E-state index contributed by atoms with van der Waals surface area (Å²) in [6.07, 6.45) is 2.20. The van der Waals surface area contributed by atoms with Gasteiger partial charge in [-0.2, -0.15) is 5.26 Å². The van der Waals surface area contributed by atoms with Crippen molar-refractivity contribution < 1.29 is 14.3 Å².